The van der Waals surface area contributed by atoms with Gasteiger partial charge in [0.2, 0.25) is 0 Å². The van der Waals surface area contributed by atoms with Crippen LogP contribution in [0, 0.1) is 0 Å². The Morgan fingerprint density at radius 1 is 1.22 bits per heavy atom. The van der Waals surface area contributed by atoms with Crippen molar-refractivity contribution in [2.24, 2.45) is 0 Å². The first-order chi connectivity index (χ1) is 8.26. The molecule has 0 aromatic carbocycles. The molecule has 1 heterocycles. The SMILES string of the molecule is CCNC1CCOCC1S(=O)(=O)CCS(C)(=O)=O. The summed E-state index contributed by atoms with van der Waals surface area (Å²) in [6, 6.07) is -0.145. The lowest BCUT2D eigenvalue weighted by atomic mass is 10.1. The van der Waals surface area contributed by atoms with Gasteiger partial charge in [0.15, 0.2) is 9.84 Å². The number of nitrogens with one attached hydrogen (secondary N) is 1. The normalized spacial score (nSPS) is 26.1. The molecule has 1 fully saturated rings. The summed E-state index contributed by atoms with van der Waals surface area (Å²) in [4.78, 5) is 0. The molecule has 0 radical (unpaired) electrons. The highest BCUT2D eigenvalue weighted by Gasteiger charge is 2.35. The van der Waals surface area contributed by atoms with Crippen LogP contribution in [0.1, 0.15) is 13.3 Å². The van der Waals surface area contributed by atoms with Crippen molar-refractivity contribution < 1.29 is 21.6 Å². The zero-order valence-electron chi connectivity index (χ0n) is 10.8. The van der Waals surface area contributed by atoms with Crippen molar-refractivity contribution in [2.75, 3.05) is 37.5 Å². The fraction of sp³-hybridized carbons (Fsp3) is 1.00. The maximum atomic E-state index is 12.1. The van der Waals surface area contributed by atoms with Crippen LogP contribution in [0.15, 0.2) is 0 Å². The Labute approximate surface area is 109 Å². The van der Waals surface area contributed by atoms with Crippen molar-refractivity contribution in [3.63, 3.8) is 0 Å². The van der Waals surface area contributed by atoms with Crippen LogP contribution < -0.4 is 5.32 Å². The molecule has 6 nitrogen and oxygen atoms in total. The molecule has 0 aliphatic carbocycles. The summed E-state index contributed by atoms with van der Waals surface area (Å²) in [5, 5.41) is 2.48. The number of rotatable bonds is 6. The Morgan fingerprint density at radius 2 is 1.89 bits per heavy atom. The van der Waals surface area contributed by atoms with E-state index in [4.69, 9.17) is 4.74 Å². The third kappa shape index (κ3) is 4.83. The lowest BCUT2D eigenvalue weighted by molar-refractivity contribution is 0.0812. The second kappa shape index (κ2) is 6.31. The molecular weight excluding hydrogens is 278 g/mol. The minimum Gasteiger partial charge on any atom is -0.380 e. The Balaban J connectivity index is 2.74. The average Bonchev–Trinajstić information content (AvgIpc) is 2.27. The van der Waals surface area contributed by atoms with Gasteiger partial charge in [0, 0.05) is 18.9 Å². The molecule has 8 heteroatoms. The second-order valence-corrected chi connectivity index (χ2v) is 9.16. The molecule has 0 spiro atoms. The molecule has 0 aromatic rings. The van der Waals surface area contributed by atoms with Crippen LogP contribution in [0.2, 0.25) is 0 Å². The van der Waals surface area contributed by atoms with Crippen molar-refractivity contribution in [1.29, 1.82) is 0 Å². The smallest absolute Gasteiger partial charge is 0.157 e. The van der Waals surface area contributed by atoms with Crippen LogP contribution in [0.3, 0.4) is 0 Å². The molecule has 0 bridgehead atoms. The zero-order chi connectivity index (χ0) is 13.8. The molecule has 108 valence electrons. The summed E-state index contributed by atoms with van der Waals surface area (Å²) in [6.45, 7) is 3.28. The van der Waals surface area contributed by atoms with Gasteiger partial charge in [-0.15, -0.1) is 0 Å². The monoisotopic (exact) mass is 299 g/mol. The van der Waals surface area contributed by atoms with Gasteiger partial charge in [-0.2, -0.15) is 0 Å². The molecule has 1 N–H and O–H groups in total. The van der Waals surface area contributed by atoms with Crippen molar-refractivity contribution in [2.45, 2.75) is 24.6 Å². The Kier molecular flexibility index (Phi) is 5.57. The first-order valence-electron chi connectivity index (χ1n) is 5.96. The maximum Gasteiger partial charge on any atom is 0.157 e. The number of ether oxygens (including phenoxy) is 1. The Morgan fingerprint density at radius 3 is 2.44 bits per heavy atom. The van der Waals surface area contributed by atoms with Gasteiger partial charge in [-0.05, 0) is 13.0 Å². The standard InChI is InChI=1S/C10H21NO5S2/c1-3-11-9-4-5-16-8-10(9)18(14,15)7-6-17(2,12)13/h9-11H,3-8H2,1-2H3. The van der Waals surface area contributed by atoms with Gasteiger partial charge in [-0.3, -0.25) is 0 Å². The number of hydrogen-bond donors (Lipinski definition) is 1. The largest absolute Gasteiger partial charge is 0.380 e. The predicted molar refractivity (Wildman–Crippen MR) is 70.2 cm³/mol. The highest BCUT2D eigenvalue weighted by Crippen LogP contribution is 2.17. The molecule has 2 unspecified atom stereocenters. The topological polar surface area (TPSA) is 89.5 Å². The van der Waals surface area contributed by atoms with Crippen LogP contribution in [0.4, 0.5) is 0 Å². The van der Waals surface area contributed by atoms with Crippen LogP contribution >= 0.6 is 0 Å². The second-order valence-electron chi connectivity index (χ2n) is 4.56. The first kappa shape index (κ1) is 15.9. The van der Waals surface area contributed by atoms with Gasteiger partial charge in [-0.25, -0.2) is 16.8 Å². The van der Waals surface area contributed by atoms with Gasteiger partial charge < -0.3 is 10.1 Å². The summed E-state index contributed by atoms with van der Waals surface area (Å²) in [7, 11) is -6.72. The zero-order valence-corrected chi connectivity index (χ0v) is 12.4. The summed E-state index contributed by atoms with van der Waals surface area (Å²) in [5.74, 6) is -0.660. The summed E-state index contributed by atoms with van der Waals surface area (Å²) >= 11 is 0. The van der Waals surface area contributed by atoms with Gasteiger partial charge >= 0.3 is 0 Å². The molecule has 18 heavy (non-hydrogen) atoms. The van der Waals surface area contributed by atoms with Crippen molar-refractivity contribution in [3.05, 3.63) is 0 Å². The summed E-state index contributed by atoms with van der Waals surface area (Å²) in [5.41, 5.74) is 0. The third-order valence-corrected chi connectivity index (χ3v) is 6.33. The molecule has 1 rings (SSSR count). The molecular formula is C10H21NO5S2. The number of sulfone groups is 2. The summed E-state index contributed by atoms with van der Waals surface area (Å²) < 4.78 is 51.6. The van der Waals surface area contributed by atoms with Crippen LogP contribution in [-0.4, -0.2) is 65.6 Å². The molecule has 0 aromatic heterocycles. The van der Waals surface area contributed by atoms with Crippen molar-refractivity contribution in [1.82, 2.24) is 5.32 Å². The maximum absolute atomic E-state index is 12.1. The fourth-order valence-electron chi connectivity index (χ4n) is 1.98. The third-order valence-electron chi connectivity index (χ3n) is 2.97. The lowest BCUT2D eigenvalue weighted by Crippen LogP contribution is -2.51. The predicted octanol–water partition coefficient (Wildman–Crippen LogP) is -0.787. The van der Waals surface area contributed by atoms with Gasteiger partial charge in [-0.1, -0.05) is 6.92 Å². The van der Waals surface area contributed by atoms with E-state index in [1.54, 1.807) is 0 Å². The van der Waals surface area contributed by atoms with E-state index in [9.17, 15) is 16.8 Å². The first-order valence-corrected chi connectivity index (χ1v) is 9.74. The Hall–Kier alpha value is -0.180. The van der Waals surface area contributed by atoms with Crippen molar-refractivity contribution in [3.8, 4) is 0 Å². The van der Waals surface area contributed by atoms with E-state index in [2.05, 4.69) is 5.32 Å². The van der Waals surface area contributed by atoms with E-state index in [1.807, 2.05) is 6.92 Å². The van der Waals surface area contributed by atoms with Gasteiger partial charge in [0.05, 0.1) is 23.4 Å². The van der Waals surface area contributed by atoms with E-state index in [0.29, 0.717) is 19.6 Å². The quantitative estimate of drug-likeness (QED) is 0.691. The van der Waals surface area contributed by atoms with E-state index in [-0.39, 0.29) is 24.2 Å². The number of hydrogen-bond acceptors (Lipinski definition) is 6. The van der Waals surface area contributed by atoms with Gasteiger partial charge in [0.25, 0.3) is 0 Å². The highest BCUT2D eigenvalue weighted by atomic mass is 32.2. The van der Waals surface area contributed by atoms with Crippen LogP contribution in [-0.2, 0) is 24.4 Å². The molecule has 1 saturated heterocycles. The summed E-state index contributed by atoms with van der Waals surface area (Å²) in [6.07, 6.45) is 1.68. The Bertz CT molecular complexity index is 455. The minimum absolute atomic E-state index is 0.143. The molecule has 1 aliphatic rings. The van der Waals surface area contributed by atoms with E-state index >= 15 is 0 Å². The average molecular weight is 299 g/mol. The molecule has 1 aliphatic heterocycles. The highest BCUT2D eigenvalue weighted by molar-refractivity contribution is 7.95. The van der Waals surface area contributed by atoms with E-state index in [0.717, 1.165) is 6.26 Å². The minimum atomic E-state index is -3.45. The van der Waals surface area contributed by atoms with Crippen molar-refractivity contribution >= 4 is 19.7 Å². The van der Waals surface area contributed by atoms with Crippen LogP contribution in [0.25, 0.3) is 0 Å². The lowest BCUT2D eigenvalue weighted by Gasteiger charge is -2.31. The van der Waals surface area contributed by atoms with Crippen LogP contribution in [0.5, 0.6) is 0 Å². The van der Waals surface area contributed by atoms with E-state index in [1.165, 1.54) is 0 Å². The van der Waals surface area contributed by atoms with Gasteiger partial charge in [0.1, 0.15) is 9.84 Å². The van der Waals surface area contributed by atoms with E-state index < -0.39 is 24.9 Å². The molecule has 0 saturated carbocycles. The fourth-order valence-corrected chi connectivity index (χ4v) is 5.46. The molecule has 0 amide bonds. The molecule has 2 atom stereocenters.